The maximum Gasteiger partial charge on any atom is 0.213 e. The number of imidazole rings is 1. The Morgan fingerprint density at radius 1 is 1.48 bits per heavy atom. The topological polar surface area (TPSA) is 80.6 Å². The number of halogens is 1. The summed E-state index contributed by atoms with van der Waals surface area (Å²) >= 11 is 9.77. The first kappa shape index (κ1) is 16.0. The van der Waals surface area contributed by atoms with Gasteiger partial charge in [-0.2, -0.15) is 10.2 Å². The summed E-state index contributed by atoms with van der Waals surface area (Å²) in [7, 11) is 0. The third-order valence-electron chi connectivity index (χ3n) is 3.06. The summed E-state index contributed by atoms with van der Waals surface area (Å²) in [6, 6.07) is 7.94. The van der Waals surface area contributed by atoms with Gasteiger partial charge in [0.1, 0.15) is 16.4 Å². The third-order valence-corrected chi connectivity index (χ3v) is 4.73. The summed E-state index contributed by atoms with van der Waals surface area (Å²) < 4.78 is 2.81. The predicted octanol–water partition coefficient (Wildman–Crippen LogP) is 2.95. The molecule has 3 N–H and O–H groups in total. The number of thiocarbonyl (C=S) groups is 1. The molecule has 2 aromatic heterocycles. The van der Waals surface area contributed by atoms with Crippen molar-refractivity contribution in [3.05, 3.63) is 39.4 Å². The molecule has 0 saturated carbocycles. The van der Waals surface area contributed by atoms with E-state index >= 15 is 0 Å². The third kappa shape index (κ3) is 3.41. The number of hydrazone groups is 1. The van der Waals surface area contributed by atoms with Crippen molar-refractivity contribution >= 4 is 55.8 Å². The fourth-order valence-electron chi connectivity index (χ4n) is 2.04. The predicted molar refractivity (Wildman–Crippen MR) is 101 cm³/mol. The minimum Gasteiger partial charge on any atom is -0.375 e. The molecule has 0 saturated heterocycles. The molecule has 3 aromatic rings. The van der Waals surface area contributed by atoms with Gasteiger partial charge in [0.05, 0.1) is 6.21 Å². The van der Waals surface area contributed by atoms with Gasteiger partial charge in [-0.05, 0) is 30.8 Å². The lowest BCUT2D eigenvalue weighted by Crippen LogP contribution is -2.24. The second-order valence-electron chi connectivity index (χ2n) is 4.63. The zero-order valence-electron chi connectivity index (χ0n) is 12.2. The standard InChI is InChI=1S/C14H13BrN6S2/c1-2-11-20-21-10(7-17-19-13(16)22)12(18-14(21)23-11)8-3-5-9(15)6-4-8/h3-7H,2H2,1H3,(H3,16,19,22)/b17-7+. The fraction of sp³-hybridized carbons (Fsp3) is 0.143. The van der Waals surface area contributed by atoms with Crippen molar-refractivity contribution in [2.75, 3.05) is 0 Å². The number of fused-ring (bicyclic) bond motifs is 1. The van der Waals surface area contributed by atoms with Crippen molar-refractivity contribution in [2.45, 2.75) is 13.3 Å². The molecule has 2 heterocycles. The van der Waals surface area contributed by atoms with Crippen LogP contribution in [0.5, 0.6) is 0 Å². The van der Waals surface area contributed by atoms with Crippen LogP contribution in [0.3, 0.4) is 0 Å². The van der Waals surface area contributed by atoms with Gasteiger partial charge in [0, 0.05) is 10.0 Å². The van der Waals surface area contributed by atoms with Gasteiger partial charge in [-0.15, -0.1) is 0 Å². The molecule has 0 amide bonds. The molecule has 118 valence electrons. The highest BCUT2D eigenvalue weighted by atomic mass is 79.9. The van der Waals surface area contributed by atoms with E-state index in [4.69, 9.17) is 22.9 Å². The van der Waals surface area contributed by atoms with Crippen molar-refractivity contribution in [2.24, 2.45) is 10.8 Å². The van der Waals surface area contributed by atoms with Crippen LogP contribution in [0.1, 0.15) is 17.6 Å². The number of nitrogens with zero attached hydrogens (tertiary/aromatic N) is 4. The molecule has 0 spiro atoms. The Hall–Kier alpha value is -1.84. The summed E-state index contributed by atoms with van der Waals surface area (Å²) in [6.07, 6.45) is 2.50. The van der Waals surface area contributed by atoms with Crippen LogP contribution < -0.4 is 11.2 Å². The number of benzene rings is 1. The van der Waals surface area contributed by atoms with Gasteiger partial charge in [0.15, 0.2) is 5.11 Å². The van der Waals surface area contributed by atoms with Gasteiger partial charge in [-0.1, -0.05) is 46.3 Å². The molecule has 0 aliphatic rings. The minimum absolute atomic E-state index is 0.111. The molecular formula is C14H13BrN6S2. The lowest BCUT2D eigenvalue weighted by molar-refractivity contribution is 0.902. The van der Waals surface area contributed by atoms with Crippen LogP contribution in [0, 0.1) is 0 Å². The van der Waals surface area contributed by atoms with E-state index in [9.17, 15) is 0 Å². The number of rotatable bonds is 4. The normalized spacial score (nSPS) is 11.4. The molecule has 0 radical (unpaired) electrons. The Bertz CT molecular complexity index is 881. The average Bonchev–Trinajstić information content (AvgIpc) is 3.06. The van der Waals surface area contributed by atoms with E-state index in [2.05, 4.69) is 38.5 Å². The number of hydrogen-bond acceptors (Lipinski definition) is 5. The summed E-state index contributed by atoms with van der Waals surface area (Å²) in [5.74, 6) is 0. The second kappa shape index (κ2) is 6.73. The van der Waals surface area contributed by atoms with E-state index in [1.165, 1.54) is 0 Å². The SMILES string of the molecule is CCc1nn2c(/C=N/NC(N)=S)c(-c3ccc(Br)cc3)nc2s1. The molecule has 0 bridgehead atoms. The monoisotopic (exact) mass is 408 g/mol. The number of aromatic nitrogens is 3. The van der Waals surface area contributed by atoms with E-state index in [0.717, 1.165) is 37.8 Å². The summed E-state index contributed by atoms with van der Waals surface area (Å²) in [5.41, 5.74) is 10.5. The molecule has 0 fully saturated rings. The number of aryl methyl sites for hydroxylation is 1. The zero-order valence-corrected chi connectivity index (χ0v) is 15.4. The number of nitrogens with one attached hydrogen (secondary N) is 1. The van der Waals surface area contributed by atoms with Crippen LogP contribution >= 0.6 is 39.5 Å². The number of nitrogens with two attached hydrogens (primary N) is 1. The summed E-state index contributed by atoms with van der Waals surface area (Å²) in [4.78, 5) is 5.53. The first-order valence-electron chi connectivity index (χ1n) is 6.81. The quantitative estimate of drug-likeness (QED) is 0.394. The van der Waals surface area contributed by atoms with Gasteiger partial charge in [0.2, 0.25) is 4.96 Å². The highest BCUT2D eigenvalue weighted by Gasteiger charge is 2.16. The Labute approximate surface area is 150 Å². The minimum atomic E-state index is 0.111. The van der Waals surface area contributed by atoms with Crippen molar-refractivity contribution in [1.82, 2.24) is 20.0 Å². The smallest absolute Gasteiger partial charge is 0.213 e. The first-order valence-corrected chi connectivity index (χ1v) is 8.83. The van der Waals surface area contributed by atoms with Gasteiger partial charge in [0.25, 0.3) is 0 Å². The van der Waals surface area contributed by atoms with Crippen LogP contribution in [0.4, 0.5) is 0 Å². The summed E-state index contributed by atoms with van der Waals surface area (Å²) in [6.45, 7) is 2.07. The van der Waals surface area contributed by atoms with Crippen molar-refractivity contribution in [1.29, 1.82) is 0 Å². The van der Waals surface area contributed by atoms with E-state index in [1.807, 2.05) is 24.3 Å². The van der Waals surface area contributed by atoms with Crippen molar-refractivity contribution in [3.8, 4) is 11.3 Å². The molecule has 23 heavy (non-hydrogen) atoms. The van der Waals surface area contributed by atoms with Crippen LogP contribution in [0.25, 0.3) is 16.2 Å². The Morgan fingerprint density at radius 3 is 2.87 bits per heavy atom. The van der Waals surface area contributed by atoms with Gasteiger partial charge < -0.3 is 5.73 Å². The maximum absolute atomic E-state index is 5.40. The Kier molecular flexibility index (Phi) is 4.69. The first-order chi connectivity index (χ1) is 11.1. The molecular weight excluding hydrogens is 396 g/mol. The zero-order chi connectivity index (χ0) is 16.4. The molecule has 0 aliphatic heterocycles. The highest BCUT2D eigenvalue weighted by molar-refractivity contribution is 9.10. The molecule has 3 rings (SSSR count). The lowest BCUT2D eigenvalue weighted by atomic mass is 10.1. The van der Waals surface area contributed by atoms with Crippen molar-refractivity contribution in [3.63, 3.8) is 0 Å². The Balaban J connectivity index is 2.12. The average molecular weight is 409 g/mol. The molecule has 9 heteroatoms. The lowest BCUT2D eigenvalue weighted by Gasteiger charge is -2.00. The van der Waals surface area contributed by atoms with E-state index < -0.39 is 0 Å². The van der Waals surface area contributed by atoms with Crippen molar-refractivity contribution < 1.29 is 0 Å². The molecule has 6 nitrogen and oxygen atoms in total. The van der Waals surface area contributed by atoms with Gasteiger partial charge in [-0.3, -0.25) is 5.43 Å². The van der Waals surface area contributed by atoms with E-state index in [1.54, 1.807) is 22.1 Å². The summed E-state index contributed by atoms with van der Waals surface area (Å²) in [5, 5.41) is 9.76. The molecule has 0 atom stereocenters. The second-order valence-corrected chi connectivity index (χ2v) is 7.03. The van der Waals surface area contributed by atoms with Crippen LogP contribution in [-0.2, 0) is 6.42 Å². The van der Waals surface area contributed by atoms with E-state index in [-0.39, 0.29) is 5.11 Å². The molecule has 0 unspecified atom stereocenters. The molecule has 0 aliphatic carbocycles. The van der Waals surface area contributed by atoms with Crippen LogP contribution in [-0.4, -0.2) is 25.9 Å². The van der Waals surface area contributed by atoms with Gasteiger partial charge >= 0.3 is 0 Å². The number of hydrogen-bond donors (Lipinski definition) is 2. The fourth-order valence-corrected chi connectivity index (χ4v) is 3.20. The van der Waals surface area contributed by atoms with Gasteiger partial charge in [-0.25, -0.2) is 9.50 Å². The van der Waals surface area contributed by atoms with Crippen LogP contribution in [0.15, 0.2) is 33.8 Å². The molecule has 1 aromatic carbocycles. The largest absolute Gasteiger partial charge is 0.375 e. The highest BCUT2D eigenvalue weighted by Crippen LogP contribution is 2.27. The van der Waals surface area contributed by atoms with E-state index in [0.29, 0.717) is 0 Å². The van der Waals surface area contributed by atoms with Crippen LogP contribution in [0.2, 0.25) is 0 Å². The maximum atomic E-state index is 5.40. The Morgan fingerprint density at radius 2 is 2.22 bits per heavy atom.